The van der Waals surface area contributed by atoms with Crippen LogP contribution in [0.1, 0.15) is 44.1 Å². The highest BCUT2D eigenvalue weighted by Crippen LogP contribution is 2.26. The Morgan fingerprint density at radius 3 is 2.81 bits per heavy atom. The summed E-state index contributed by atoms with van der Waals surface area (Å²) in [6.45, 7) is 2.46. The van der Waals surface area contributed by atoms with Crippen LogP contribution in [0.3, 0.4) is 0 Å². The van der Waals surface area contributed by atoms with E-state index in [2.05, 4.69) is 31.6 Å². The van der Waals surface area contributed by atoms with Crippen LogP contribution in [0.2, 0.25) is 0 Å². The van der Waals surface area contributed by atoms with Crippen LogP contribution in [0.15, 0.2) is 29.5 Å². The normalized spacial score (nSPS) is 20.9. The lowest BCUT2D eigenvalue weighted by Crippen LogP contribution is -2.46. The fourth-order valence-corrected chi connectivity index (χ4v) is 3.95. The van der Waals surface area contributed by atoms with Gasteiger partial charge in [-0.05, 0) is 37.3 Å². The van der Waals surface area contributed by atoms with Crippen molar-refractivity contribution in [1.82, 2.24) is 20.5 Å². The van der Waals surface area contributed by atoms with Gasteiger partial charge < -0.3 is 15.5 Å². The molecular formula is C20H32IN5O. The van der Waals surface area contributed by atoms with E-state index in [1.165, 1.54) is 24.8 Å². The summed E-state index contributed by atoms with van der Waals surface area (Å²) in [7, 11) is 1.79. The average Bonchev–Trinajstić information content (AvgIpc) is 3.16. The molecule has 1 saturated carbocycles. The molecule has 1 unspecified atom stereocenters. The Morgan fingerprint density at radius 2 is 2.11 bits per heavy atom. The number of amides is 1. The Hall–Kier alpha value is -1.38. The maximum Gasteiger partial charge on any atom is 0.225 e. The molecule has 0 aromatic carbocycles. The first kappa shape index (κ1) is 21.9. The van der Waals surface area contributed by atoms with E-state index in [1.807, 2.05) is 12.3 Å². The molecule has 0 spiro atoms. The molecule has 2 N–H and O–H groups in total. The zero-order chi connectivity index (χ0) is 18.2. The van der Waals surface area contributed by atoms with Gasteiger partial charge in [-0.2, -0.15) is 0 Å². The minimum Gasteiger partial charge on any atom is -0.356 e. The molecule has 1 saturated heterocycles. The molecule has 1 amide bonds. The Balaban J connectivity index is 0.00000261. The van der Waals surface area contributed by atoms with Crippen molar-refractivity contribution in [2.24, 2.45) is 10.9 Å². The molecule has 2 fully saturated rings. The third-order valence-corrected chi connectivity index (χ3v) is 5.45. The van der Waals surface area contributed by atoms with Gasteiger partial charge in [-0.25, -0.2) is 0 Å². The Bertz CT molecular complexity index is 604. The quantitative estimate of drug-likeness (QED) is 0.382. The SMILES string of the molecule is CN=C(NCCc1cccnc1)NC1CCN(C(=O)C2CCCCC2)C1.I. The molecule has 1 atom stereocenters. The molecular weight excluding hydrogens is 453 g/mol. The van der Waals surface area contributed by atoms with Gasteiger partial charge >= 0.3 is 0 Å². The molecule has 1 aromatic rings. The predicted molar refractivity (Wildman–Crippen MR) is 119 cm³/mol. The van der Waals surface area contributed by atoms with Crippen molar-refractivity contribution in [2.75, 3.05) is 26.7 Å². The van der Waals surface area contributed by atoms with Crippen LogP contribution in [0.4, 0.5) is 0 Å². The van der Waals surface area contributed by atoms with Gasteiger partial charge in [0.05, 0.1) is 0 Å². The first-order chi connectivity index (χ1) is 12.8. The van der Waals surface area contributed by atoms with Crippen LogP contribution in [0, 0.1) is 5.92 Å². The van der Waals surface area contributed by atoms with Crippen molar-refractivity contribution in [2.45, 2.75) is 51.0 Å². The van der Waals surface area contributed by atoms with E-state index in [0.717, 1.165) is 51.3 Å². The summed E-state index contributed by atoms with van der Waals surface area (Å²) >= 11 is 0. The number of pyridine rings is 1. The molecule has 1 aliphatic heterocycles. The number of aromatic nitrogens is 1. The fourth-order valence-electron chi connectivity index (χ4n) is 3.95. The summed E-state index contributed by atoms with van der Waals surface area (Å²) < 4.78 is 0. The van der Waals surface area contributed by atoms with Gasteiger partial charge in [-0.15, -0.1) is 24.0 Å². The summed E-state index contributed by atoms with van der Waals surface area (Å²) in [4.78, 5) is 23.2. The number of nitrogens with one attached hydrogen (secondary N) is 2. The van der Waals surface area contributed by atoms with Crippen molar-refractivity contribution < 1.29 is 4.79 Å². The maximum atomic E-state index is 12.7. The molecule has 6 nitrogen and oxygen atoms in total. The third-order valence-electron chi connectivity index (χ3n) is 5.45. The summed E-state index contributed by atoms with van der Waals surface area (Å²) in [5, 5.41) is 6.83. The molecule has 3 rings (SSSR count). The van der Waals surface area contributed by atoms with Crippen LogP contribution in [-0.2, 0) is 11.2 Å². The van der Waals surface area contributed by atoms with Crippen LogP contribution in [0.25, 0.3) is 0 Å². The number of hydrogen-bond donors (Lipinski definition) is 2. The molecule has 2 aliphatic rings. The molecule has 1 aliphatic carbocycles. The number of aliphatic imine (C=N–C) groups is 1. The third kappa shape index (κ3) is 6.62. The first-order valence-corrected chi connectivity index (χ1v) is 9.91. The van der Waals surface area contributed by atoms with Crippen molar-refractivity contribution in [3.63, 3.8) is 0 Å². The molecule has 7 heteroatoms. The minimum absolute atomic E-state index is 0. The zero-order valence-corrected chi connectivity index (χ0v) is 18.5. The van der Waals surface area contributed by atoms with Gasteiger partial charge in [-0.3, -0.25) is 14.8 Å². The Labute approximate surface area is 179 Å². The van der Waals surface area contributed by atoms with E-state index in [-0.39, 0.29) is 35.9 Å². The molecule has 0 radical (unpaired) electrons. The summed E-state index contributed by atoms with van der Waals surface area (Å²) in [5.74, 6) is 1.44. The smallest absolute Gasteiger partial charge is 0.225 e. The lowest BCUT2D eigenvalue weighted by molar-refractivity contribution is -0.135. The van der Waals surface area contributed by atoms with E-state index < -0.39 is 0 Å². The molecule has 150 valence electrons. The predicted octanol–water partition coefficient (Wildman–Crippen LogP) is 2.59. The highest BCUT2D eigenvalue weighted by atomic mass is 127. The number of halogens is 1. The van der Waals surface area contributed by atoms with Gasteiger partial charge in [-0.1, -0.05) is 25.3 Å². The van der Waals surface area contributed by atoms with Gasteiger partial charge in [0.2, 0.25) is 5.91 Å². The minimum atomic E-state index is 0. The van der Waals surface area contributed by atoms with Crippen LogP contribution < -0.4 is 10.6 Å². The number of carbonyl (C=O) groups excluding carboxylic acids is 1. The number of nitrogens with zero attached hydrogens (tertiary/aromatic N) is 3. The lowest BCUT2D eigenvalue weighted by atomic mass is 9.88. The molecule has 27 heavy (non-hydrogen) atoms. The average molecular weight is 485 g/mol. The number of likely N-dealkylation sites (tertiary alicyclic amines) is 1. The van der Waals surface area contributed by atoms with Crippen molar-refractivity contribution in [1.29, 1.82) is 0 Å². The maximum absolute atomic E-state index is 12.7. The second-order valence-electron chi connectivity index (χ2n) is 7.36. The summed E-state index contributed by atoms with van der Waals surface area (Å²) in [5.41, 5.74) is 1.21. The van der Waals surface area contributed by atoms with E-state index >= 15 is 0 Å². The number of hydrogen-bond acceptors (Lipinski definition) is 3. The van der Waals surface area contributed by atoms with Crippen molar-refractivity contribution in [3.8, 4) is 0 Å². The van der Waals surface area contributed by atoms with Gasteiger partial charge in [0, 0.05) is 51.0 Å². The van der Waals surface area contributed by atoms with Gasteiger partial charge in [0.25, 0.3) is 0 Å². The molecule has 0 bridgehead atoms. The summed E-state index contributed by atoms with van der Waals surface area (Å²) in [6.07, 6.45) is 11.4. The van der Waals surface area contributed by atoms with E-state index in [0.29, 0.717) is 5.91 Å². The number of guanidine groups is 1. The Morgan fingerprint density at radius 1 is 1.30 bits per heavy atom. The fraction of sp³-hybridized carbons (Fsp3) is 0.650. The van der Waals surface area contributed by atoms with Gasteiger partial charge in [0.1, 0.15) is 0 Å². The summed E-state index contributed by atoms with van der Waals surface area (Å²) in [6, 6.07) is 4.32. The van der Waals surface area contributed by atoms with Crippen LogP contribution in [0.5, 0.6) is 0 Å². The number of rotatable bonds is 5. The second-order valence-corrected chi connectivity index (χ2v) is 7.36. The van der Waals surface area contributed by atoms with E-state index in [1.54, 1.807) is 13.2 Å². The van der Waals surface area contributed by atoms with Crippen molar-refractivity contribution in [3.05, 3.63) is 30.1 Å². The highest BCUT2D eigenvalue weighted by Gasteiger charge is 2.31. The van der Waals surface area contributed by atoms with Crippen molar-refractivity contribution >= 4 is 35.8 Å². The van der Waals surface area contributed by atoms with Crippen LogP contribution >= 0.6 is 24.0 Å². The first-order valence-electron chi connectivity index (χ1n) is 9.91. The van der Waals surface area contributed by atoms with Gasteiger partial charge in [0.15, 0.2) is 5.96 Å². The van der Waals surface area contributed by atoms with E-state index in [4.69, 9.17) is 0 Å². The zero-order valence-electron chi connectivity index (χ0n) is 16.2. The number of carbonyl (C=O) groups is 1. The highest BCUT2D eigenvalue weighted by molar-refractivity contribution is 14.0. The molecule has 2 heterocycles. The van der Waals surface area contributed by atoms with E-state index in [9.17, 15) is 4.79 Å². The second kappa shape index (κ2) is 11.5. The lowest BCUT2D eigenvalue weighted by Gasteiger charge is -2.26. The monoisotopic (exact) mass is 485 g/mol. The van der Waals surface area contributed by atoms with Crippen LogP contribution in [-0.4, -0.2) is 54.5 Å². The topological polar surface area (TPSA) is 69.6 Å². The Kier molecular flexibility index (Phi) is 9.30. The standard InChI is InChI=1S/C20H31N5O.HI/c1-21-20(23-12-9-16-6-5-11-22-14-16)24-18-10-13-25(15-18)19(26)17-7-3-2-4-8-17;/h5-6,11,14,17-18H,2-4,7-10,12-13,15H2,1H3,(H2,21,23,24);1H. The molecule has 1 aromatic heterocycles. The largest absolute Gasteiger partial charge is 0.356 e.